The van der Waals surface area contributed by atoms with E-state index in [0.29, 0.717) is 30.6 Å². The maximum Gasteiger partial charge on any atom is 0.244 e. The van der Waals surface area contributed by atoms with Gasteiger partial charge in [-0.25, -0.2) is 4.98 Å². The summed E-state index contributed by atoms with van der Waals surface area (Å²) in [4.78, 5) is 8.36. The SMILES string of the molecule is COCCC(N)c1nc(-c2nccn2C)no1. The molecule has 0 saturated heterocycles. The van der Waals surface area contributed by atoms with Gasteiger partial charge in [-0.15, -0.1) is 0 Å². The fraction of sp³-hybridized carbons (Fsp3) is 0.500. The maximum absolute atomic E-state index is 5.88. The molecular weight excluding hydrogens is 222 g/mol. The molecule has 2 rings (SSSR count). The van der Waals surface area contributed by atoms with Gasteiger partial charge in [-0.1, -0.05) is 5.16 Å². The van der Waals surface area contributed by atoms with Crippen molar-refractivity contribution in [3.63, 3.8) is 0 Å². The monoisotopic (exact) mass is 237 g/mol. The van der Waals surface area contributed by atoms with Gasteiger partial charge >= 0.3 is 0 Å². The summed E-state index contributed by atoms with van der Waals surface area (Å²) in [7, 11) is 3.49. The summed E-state index contributed by atoms with van der Waals surface area (Å²) in [5.74, 6) is 1.50. The minimum Gasteiger partial charge on any atom is -0.385 e. The van der Waals surface area contributed by atoms with Crippen LogP contribution in [0.4, 0.5) is 0 Å². The minimum absolute atomic E-state index is 0.309. The van der Waals surface area contributed by atoms with Crippen LogP contribution >= 0.6 is 0 Å². The van der Waals surface area contributed by atoms with E-state index in [9.17, 15) is 0 Å². The summed E-state index contributed by atoms with van der Waals surface area (Å²) in [6, 6.07) is -0.309. The van der Waals surface area contributed by atoms with Gasteiger partial charge in [0, 0.05) is 33.2 Å². The Bertz CT molecular complexity index is 479. The fourth-order valence-electron chi connectivity index (χ4n) is 1.43. The maximum atomic E-state index is 5.88. The van der Waals surface area contributed by atoms with Crippen LogP contribution in [0.25, 0.3) is 11.6 Å². The van der Waals surface area contributed by atoms with Crippen LogP contribution in [-0.4, -0.2) is 33.4 Å². The predicted molar refractivity (Wildman–Crippen MR) is 59.9 cm³/mol. The Balaban J connectivity index is 2.13. The Morgan fingerprint density at radius 1 is 1.59 bits per heavy atom. The first-order chi connectivity index (χ1) is 8.22. The molecule has 7 heteroatoms. The Hall–Kier alpha value is -1.73. The van der Waals surface area contributed by atoms with Crippen molar-refractivity contribution in [3.05, 3.63) is 18.3 Å². The quantitative estimate of drug-likeness (QED) is 0.814. The van der Waals surface area contributed by atoms with Gasteiger partial charge in [-0.3, -0.25) is 0 Å². The van der Waals surface area contributed by atoms with Crippen LogP contribution < -0.4 is 5.73 Å². The molecule has 0 radical (unpaired) electrons. The molecule has 1 unspecified atom stereocenters. The van der Waals surface area contributed by atoms with Crippen molar-refractivity contribution in [2.24, 2.45) is 12.8 Å². The topological polar surface area (TPSA) is 92.0 Å². The Kier molecular flexibility index (Phi) is 3.50. The highest BCUT2D eigenvalue weighted by Crippen LogP contribution is 2.17. The molecule has 1 atom stereocenters. The minimum atomic E-state index is -0.309. The van der Waals surface area contributed by atoms with Gasteiger partial charge in [0.25, 0.3) is 0 Å². The molecule has 0 spiro atoms. The van der Waals surface area contributed by atoms with E-state index in [1.165, 1.54) is 0 Å². The fourth-order valence-corrected chi connectivity index (χ4v) is 1.43. The average molecular weight is 237 g/mol. The number of ether oxygens (including phenoxy) is 1. The Morgan fingerprint density at radius 3 is 3.06 bits per heavy atom. The third-order valence-corrected chi connectivity index (χ3v) is 2.41. The van der Waals surface area contributed by atoms with Crippen molar-refractivity contribution in [1.82, 2.24) is 19.7 Å². The lowest BCUT2D eigenvalue weighted by molar-refractivity contribution is 0.182. The summed E-state index contributed by atoms with van der Waals surface area (Å²) < 4.78 is 11.9. The van der Waals surface area contributed by atoms with Crippen LogP contribution in [0.5, 0.6) is 0 Å². The summed E-state index contributed by atoms with van der Waals surface area (Å²) in [5.41, 5.74) is 5.88. The zero-order valence-corrected chi connectivity index (χ0v) is 9.83. The van der Waals surface area contributed by atoms with E-state index in [4.69, 9.17) is 15.0 Å². The van der Waals surface area contributed by atoms with Crippen LogP contribution in [0.15, 0.2) is 16.9 Å². The van der Waals surface area contributed by atoms with Gasteiger partial charge in [-0.05, 0) is 6.42 Å². The zero-order valence-electron chi connectivity index (χ0n) is 9.83. The molecule has 7 nitrogen and oxygen atoms in total. The van der Waals surface area contributed by atoms with E-state index in [-0.39, 0.29) is 6.04 Å². The second kappa shape index (κ2) is 5.07. The summed E-state index contributed by atoms with van der Waals surface area (Å²) in [5, 5.41) is 3.86. The number of rotatable bonds is 5. The van der Waals surface area contributed by atoms with Gasteiger partial charge in [0.05, 0.1) is 6.04 Å². The molecule has 17 heavy (non-hydrogen) atoms. The molecule has 0 fully saturated rings. The lowest BCUT2D eigenvalue weighted by Gasteiger charge is -2.04. The molecule has 0 amide bonds. The zero-order chi connectivity index (χ0) is 12.3. The lowest BCUT2D eigenvalue weighted by Crippen LogP contribution is -2.13. The standard InChI is InChI=1S/C10H15N5O2/c1-15-5-4-12-9(15)8-13-10(17-14-8)7(11)3-6-16-2/h4-5,7H,3,6,11H2,1-2H3. The van der Waals surface area contributed by atoms with E-state index in [0.717, 1.165) is 0 Å². The number of nitrogens with zero attached hydrogens (tertiary/aromatic N) is 4. The average Bonchev–Trinajstić information content (AvgIpc) is 2.93. The number of imidazole rings is 1. The highest BCUT2D eigenvalue weighted by molar-refractivity contribution is 5.42. The summed E-state index contributed by atoms with van der Waals surface area (Å²) in [6.07, 6.45) is 4.13. The number of methoxy groups -OCH3 is 1. The summed E-state index contributed by atoms with van der Waals surface area (Å²) in [6.45, 7) is 0.557. The third kappa shape index (κ3) is 2.51. The highest BCUT2D eigenvalue weighted by Gasteiger charge is 2.17. The lowest BCUT2D eigenvalue weighted by atomic mass is 10.2. The molecule has 2 heterocycles. The van der Waals surface area contributed by atoms with Crippen LogP contribution in [0.2, 0.25) is 0 Å². The molecule has 2 N–H and O–H groups in total. The van der Waals surface area contributed by atoms with Gasteiger partial charge in [0.1, 0.15) is 0 Å². The molecule has 0 saturated carbocycles. The number of nitrogens with two attached hydrogens (primary N) is 1. The molecule has 0 aliphatic carbocycles. The number of aromatic nitrogens is 4. The van der Waals surface area contributed by atoms with Gasteiger partial charge in [0.15, 0.2) is 5.82 Å². The molecule has 2 aromatic heterocycles. The summed E-state index contributed by atoms with van der Waals surface area (Å²) >= 11 is 0. The smallest absolute Gasteiger partial charge is 0.244 e. The number of aryl methyl sites for hydroxylation is 1. The Morgan fingerprint density at radius 2 is 2.41 bits per heavy atom. The van der Waals surface area contributed by atoms with Crippen molar-refractivity contribution >= 4 is 0 Å². The van der Waals surface area contributed by atoms with Crippen molar-refractivity contribution in [2.45, 2.75) is 12.5 Å². The third-order valence-electron chi connectivity index (χ3n) is 2.41. The second-order valence-corrected chi connectivity index (χ2v) is 3.71. The van der Waals surface area contributed by atoms with Crippen molar-refractivity contribution in [2.75, 3.05) is 13.7 Å². The van der Waals surface area contributed by atoms with Crippen molar-refractivity contribution in [1.29, 1.82) is 0 Å². The first-order valence-electron chi connectivity index (χ1n) is 5.28. The van der Waals surface area contributed by atoms with Crippen LogP contribution in [-0.2, 0) is 11.8 Å². The van der Waals surface area contributed by atoms with E-state index in [1.54, 1.807) is 13.3 Å². The van der Waals surface area contributed by atoms with Gasteiger partial charge < -0.3 is 19.6 Å². The van der Waals surface area contributed by atoms with Crippen molar-refractivity contribution < 1.29 is 9.26 Å². The number of hydrogen-bond acceptors (Lipinski definition) is 6. The second-order valence-electron chi connectivity index (χ2n) is 3.71. The molecule has 0 bridgehead atoms. The van der Waals surface area contributed by atoms with Crippen LogP contribution in [0, 0.1) is 0 Å². The first-order valence-corrected chi connectivity index (χ1v) is 5.28. The molecule has 0 aromatic carbocycles. The molecule has 92 valence electrons. The molecular formula is C10H15N5O2. The largest absolute Gasteiger partial charge is 0.385 e. The van der Waals surface area contributed by atoms with E-state index >= 15 is 0 Å². The Labute approximate surface area is 98.6 Å². The first kappa shape index (κ1) is 11.7. The predicted octanol–water partition coefficient (Wildman–Crippen LogP) is 0.506. The van der Waals surface area contributed by atoms with Crippen LogP contribution in [0.3, 0.4) is 0 Å². The highest BCUT2D eigenvalue weighted by atomic mass is 16.5. The molecule has 2 aromatic rings. The molecule has 0 aliphatic rings. The van der Waals surface area contributed by atoms with E-state index in [2.05, 4.69) is 15.1 Å². The van der Waals surface area contributed by atoms with E-state index in [1.807, 2.05) is 17.8 Å². The molecule has 0 aliphatic heterocycles. The van der Waals surface area contributed by atoms with E-state index < -0.39 is 0 Å². The van der Waals surface area contributed by atoms with Crippen molar-refractivity contribution in [3.8, 4) is 11.6 Å². The van der Waals surface area contributed by atoms with Gasteiger partial charge in [0.2, 0.25) is 11.7 Å². The normalized spacial score (nSPS) is 12.9. The van der Waals surface area contributed by atoms with Crippen LogP contribution in [0.1, 0.15) is 18.4 Å². The van der Waals surface area contributed by atoms with Gasteiger partial charge in [-0.2, -0.15) is 4.98 Å². The number of hydrogen-bond donors (Lipinski definition) is 1.